The first-order chi connectivity index (χ1) is 9.31. The van der Waals surface area contributed by atoms with Crippen molar-refractivity contribution < 1.29 is 14.6 Å². The first-order valence-electron chi connectivity index (χ1n) is 8.27. The fraction of sp³-hybridized carbons (Fsp3) is 1.00. The van der Waals surface area contributed by atoms with Crippen LogP contribution in [-0.4, -0.2) is 30.2 Å². The number of rotatable bonds is 3. The van der Waals surface area contributed by atoms with E-state index in [0.717, 1.165) is 57.7 Å². The van der Waals surface area contributed by atoms with Crippen LogP contribution in [0.1, 0.15) is 66.2 Å². The molecule has 1 aliphatic heterocycles. The van der Waals surface area contributed by atoms with Gasteiger partial charge in [-0.25, -0.2) is 0 Å². The summed E-state index contributed by atoms with van der Waals surface area (Å²) in [5, 5.41) is 10.9. The molecule has 1 aliphatic carbocycles. The molecule has 2 aliphatic rings. The van der Waals surface area contributed by atoms with Crippen molar-refractivity contribution in [2.75, 3.05) is 13.2 Å². The standard InChI is InChI=1S/C17H32O3/c1-13-12-14(16(2,3)4)6-8-17(13,18)9-7-15-19-10-5-11-20-15/h13-15,18H,5-12H2,1-4H3. The van der Waals surface area contributed by atoms with Crippen molar-refractivity contribution in [2.24, 2.45) is 17.3 Å². The molecule has 0 amide bonds. The van der Waals surface area contributed by atoms with Gasteiger partial charge in [0.15, 0.2) is 6.29 Å². The van der Waals surface area contributed by atoms with E-state index in [4.69, 9.17) is 9.47 Å². The predicted molar refractivity (Wildman–Crippen MR) is 80.5 cm³/mol. The van der Waals surface area contributed by atoms with Crippen molar-refractivity contribution in [1.29, 1.82) is 0 Å². The maximum atomic E-state index is 10.9. The van der Waals surface area contributed by atoms with Gasteiger partial charge in [0.05, 0.1) is 18.8 Å². The second kappa shape index (κ2) is 6.33. The van der Waals surface area contributed by atoms with E-state index in [1.54, 1.807) is 0 Å². The summed E-state index contributed by atoms with van der Waals surface area (Å²) in [7, 11) is 0. The fourth-order valence-electron chi connectivity index (χ4n) is 3.66. The van der Waals surface area contributed by atoms with Gasteiger partial charge in [0, 0.05) is 6.42 Å². The van der Waals surface area contributed by atoms with E-state index in [9.17, 15) is 5.11 Å². The third-order valence-corrected chi connectivity index (χ3v) is 5.41. The van der Waals surface area contributed by atoms with Gasteiger partial charge in [-0.05, 0) is 49.4 Å². The molecule has 3 nitrogen and oxygen atoms in total. The third kappa shape index (κ3) is 3.96. The number of hydrogen-bond acceptors (Lipinski definition) is 3. The highest BCUT2D eigenvalue weighted by atomic mass is 16.7. The molecule has 3 unspecified atom stereocenters. The Labute approximate surface area is 124 Å². The maximum absolute atomic E-state index is 10.9. The molecule has 1 saturated carbocycles. The van der Waals surface area contributed by atoms with Gasteiger partial charge >= 0.3 is 0 Å². The SMILES string of the molecule is CC1CC(C(C)(C)C)CCC1(O)CCC1OCCCO1. The molecule has 0 aromatic carbocycles. The van der Waals surface area contributed by atoms with Crippen LogP contribution in [0.3, 0.4) is 0 Å². The largest absolute Gasteiger partial charge is 0.390 e. The molecule has 0 radical (unpaired) electrons. The summed E-state index contributed by atoms with van der Waals surface area (Å²) in [4.78, 5) is 0. The Kier molecular flexibility index (Phi) is 5.14. The zero-order valence-corrected chi connectivity index (χ0v) is 13.7. The highest BCUT2D eigenvalue weighted by Gasteiger charge is 2.42. The van der Waals surface area contributed by atoms with Gasteiger partial charge in [-0.1, -0.05) is 27.7 Å². The van der Waals surface area contributed by atoms with Gasteiger partial charge in [0.25, 0.3) is 0 Å². The van der Waals surface area contributed by atoms with Crippen LogP contribution in [-0.2, 0) is 9.47 Å². The minimum Gasteiger partial charge on any atom is -0.390 e. The van der Waals surface area contributed by atoms with E-state index in [1.807, 2.05) is 0 Å². The molecule has 0 aromatic heterocycles. The zero-order chi connectivity index (χ0) is 14.8. The summed E-state index contributed by atoms with van der Waals surface area (Å²) in [6, 6.07) is 0. The van der Waals surface area contributed by atoms with Crippen LogP contribution in [0.25, 0.3) is 0 Å². The third-order valence-electron chi connectivity index (χ3n) is 5.41. The van der Waals surface area contributed by atoms with Crippen LogP contribution in [0.15, 0.2) is 0 Å². The number of hydrogen-bond donors (Lipinski definition) is 1. The van der Waals surface area contributed by atoms with Gasteiger partial charge in [0.1, 0.15) is 0 Å². The molecule has 0 spiro atoms. The summed E-state index contributed by atoms with van der Waals surface area (Å²) in [6.07, 6.45) is 5.70. The van der Waals surface area contributed by atoms with E-state index >= 15 is 0 Å². The molecule has 1 N–H and O–H groups in total. The van der Waals surface area contributed by atoms with Gasteiger partial charge in [-0.15, -0.1) is 0 Å². The van der Waals surface area contributed by atoms with E-state index in [1.165, 1.54) is 0 Å². The van der Waals surface area contributed by atoms with Crippen LogP contribution in [0.4, 0.5) is 0 Å². The van der Waals surface area contributed by atoms with Crippen molar-refractivity contribution in [3.8, 4) is 0 Å². The van der Waals surface area contributed by atoms with Crippen LogP contribution in [0.2, 0.25) is 0 Å². The summed E-state index contributed by atoms with van der Waals surface area (Å²) in [5.41, 5.74) is -0.170. The van der Waals surface area contributed by atoms with Crippen LogP contribution < -0.4 is 0 Å². The molecule has 3 atom stereocenters. The molecule has 1 heterocycles. The Bertz CT molecular complexity index is 304. The monoisotopic (exact) mass is 284 g/mol. The smallest absolute Gasteiger partial charge is 0.157 e. The molecule has 1 saturated heterocycles. The highest BCUT2D eigenvalue weighted by molar-refractivity contribution is 4.93. The normalized spacial score (nSPS) is 37.0. The van der Waals surface area contributed by atoms with Crippen molar-refractivity contribution in [3.05, 3.63) is 0 Å². The molecule has 0 bridgehead atoms. The fourth-order valence-corrected chi connectivity index (χ4v) is 3.66. The number of aliphatic hydroxyl groups is 1. The van der Waals surface area contributed by atoms with Gasteiger partial charge in [-0.3, -0.25) is 0 Å². The van der Waals surface area contributed by atoms with E-state index < -0.39 is 5.60 Å². The second-order valence-electron chi connectivity index (χ2n) is 7.91. The summed E-state index contributed by atoms with van der Waals surface area (Å²) >= 11 is 0. The van der Waals surface area contributed by atoms with Gasteiger partial charge in [0.2, 0.25) is 0 Å². The molecular formula is C17H32O3. The maximum Gasteiger partial charge on any atom is 0.157 e. The van der Waals surface area contributed by atoms with Crippen LogP contribution in [0.5, 0.6) is 0 Å². The van der Waals surface area contributed by atoms with Crippen LogP contribution >= 0.6 is 0 Å². The Morgan fingerprint density at radius 1 is 1.20 bits per heavy atom. The molecule has 2 rings (SSSR count). The van der Waals surface area contributed by atoms with Crippen molar-refractivity contribution >= 4 is 0 Å². The van der Waals surface area contributed by atoms with Crippen LogP contribution in [0, 0.1) is 17.3 Å². The zero-order valence-electron chi connectivity index (χ0n) is 13.7. The lowest BCUT2D eigenvalue weighted by molar-refractivity contribution is -0.190. The highest BCUT2D eigenvalue weighted by Crippen LogP contribution is 2.46. The average Bonchev–Trinajstić information content (AvgIpc) is 2.40. The minimum atomic E-state index is -0.522. The average molecular weight is 284 g/mol. The molecule has 118 valence electrons. The Morgan fingerprint density at radius 2 is 1.85 bits per heavy atom. The lowest BCUT2D eigenvalue weighted by Gasteiger charge is -2.46. The predicted octanol–water partition coefficient (Wildman–Crippen LogP) is 3.74. The van der Waals surface area contributed by atoms with Gasteiger partial charge in [-0.2, -0.15) is 0 Å². The molecular weight excluding hydrogens is 252 g/mol. The van der Waals surface area contributed by atoms with Crippen molar-refractivity contribution in [1.82, 2.24) is 0 Å². The minimum absolute atomic E-state index is 0.0969. The topological polar surface area (TPSA) is 38.7 Å². The van der Waals surface area contributed by atoms with Crippen molar-refractivity contribution in [2.45, 2.75) is 78.1 Å². The first-order valence-corrected chi connectivity index (χ1v) is 8.27. The molecule has 20 heavy (non-hydrogen) atoms. The lowest BCUT2D eigenvalue weighted by Crippen LogP contribution is -2.44. The Hall–Kier alpha value is -0.120. The lowest BCUT2D eigenvalue weighted by atomic mass is 9.63. The van der Waals surface area contributed by atoms with E-state index in [0.29, 0.717) is 11.3 Å². The van der Waals surface area contributed by atoms with E-state index in [2.05, 4.69) is 27.7 Å². The quantitative estimate of drug-likeness (QED) is 0.858. The molecule has 3 heteroatoms. The Balaban J connectivity index is 1.84. The summed E-state index contributed by atoms with van der Waals surface area (Å²) in [5.74, 6) is 1.09. The second-order valence-corrected chi connectivity index (χ2v) is 7.91. The molecule has 2 fully saturated rings. The number of ether oxygens (including phenoxy) is 2. The summed E-state index contributed by atoms with van der Waals surface area (Å²) < 4.78 is 11.2. The van der Waals surface area contributed by atoms with Gasteiger partial charge < -0.3 is 14.6 Å². The van der Waals surface area contributed by atoms with Crippen molar-refractivity contribution in [3.63, 3.8) is 0 Å². The molecule has 0 aromatic rings. The summed E-state index contributed by atoms with van der Waals surface area (Å²) in [6.45, 7) is 10.8. The van der Waals surface area contributed by atoms with E-state index in [-0.39, 0.29) is 6.29 Å². The first kappa shape index (κ1) is 16.3. The Morgan fingerprint density at radius 3 is 2.40 bits per heavy atom.